The van der Waals surface area contributed by atoms with E-state index in [4.69, 9.17) is 0 Å². The van der Waals surface area contributed by atoms with Crippen molar-refractivity contribution in [1.29, 1.82) is 0 Å². The minimum Gasteiger partial charge on any atom is -0.348 e. The van der Waals surface area contributed by atoms with Crippen LogP contribution < -0.4 is 5.32 Å². The zero-order valence-corrected chi connectivity index (χ0v) is 18.8. The fourth-order valence-electron chi connectivity index (χ4n) is 3.86. The third-order valence-corrected chi connectivity index (χ3v) is 7.50. The van der Waals surface area contributed by atoms with E-state index in [1.807, 2.05) is 39.2 Å². The number of benzene rings is 2. The van der Waals surface area contributed by atoms with Gasteiger partial charge in [0.25, 0.3) is 5.91 Å². The molecule has 1 heterocycles. The summed E-state index contributed by atoms with van der Waals surface area (Å²) in [5.41, 5.74) is 2.55. The molecule has 1 atom stereocenters. The Morgan fingerprint density at radius 1 is 1.10 bits per heavy atom. The lowest BCUT2D eigenvalue weighted by Crippen LogP contribution is -2.42. The molecular formula is C23H31N3O3S. The standard InChI is InChI=1S/C23H31N3O3S/c1-18-9-6-7-14-26(18)30(28,29)22-13-8-12-19(15-22)23(27)24-16-20-10-4-5-11-21(20)17-25(2)3/h4-5,8,10-13,15,18H,6-7,9,14,16-17H2,1-3H3,(H,24,27)/t18-/m0/s1. The Morgan fingerprint density at radius 3 is 2.53 bits per heavy atom. The summed E-state index contributed by atoms with van der Waals surface area (Å²) >= 11 is 0. The number of carbonyl (C=O) groups excluding carboxylic acids is 1. The molecule has 1 aliphatic rings. The van der Waals surface area contributed by atoms with Gasteiger partial charge in [0.05, 0.1) is 4.90 Å². The summed E-state index contributed by atoms with van der Waals surface area (Å²) in [6, 6.07) is 14.3. The van der Waals surface area contributed by atoms with E-state index in [0.29, 0.717) is 18.7 Å². The number of amides is 1. The molecule has 1 N–H and O–H groups in total. The average Bonchev–Trinajstić information content (AvgIpc) is 2.73. The third kappa shape index (κ3) is 5.28. The van der Waals surface area contributed by atoms with Crippen LogP contribution in [-0.2, 0) is 23.1 Å². The van der Waals surface area contributed by atoms with Crippen LogP contribution in [0.2, 0.25) is 0 Å². The first-order chi connectivity index (χ1) is 14.3. The fourth-order valence-corrected chi connectivity index (χ4v) is 5.61. The first kappa shape index (κ1) is 22.5. The molecule has 30 heavy (non-hydrogen) atoms. The van der Waals surface area contributed by atoms with Crippen molar-refractivity contribution in [2.24, 2.45) is 0 Å². The molecule has 1 saturated heterocycles. The molecule has 1 amide bonds. The van der Waals surface area contributed by atoms with Gasteiger partial charge >= 0.3 is 0 Å². The van der Waals surface area contributed by atoms with Crippen molar-refractivity contribution in [2.45, 2.75) is 50.2 Å². The van der Waals surface area contributed by atoms with E-state index >= 15 is 0 Å². The maximum Gasteiger partial charge on any atom is 0.251 e. The highest BCUT2D eigenvalue weighted by molar-refractivity contribution is 7.89. The Bertz CT molecular complexity index is 989. The highest BCUT2D eigenvalue weighted by atomic mass is 32.2. The monoisotopic (exact) mass is 429 g/mol. The van der Waals surface area contributed by atoms with Crippen molar-refractivity contribution in [3.05, 3.63) is 65.2 Å². The van der Waals surface area contributed by atoms with Crippen LogP contribution >= 0.6 is 0 Å². The molecule has 3 rings (SSSR count). The first-order valence-electron chi connectivity index (χ1n) is 10.4. The smallest absolute Gasteiger partial charge is 0.251 e. The van der Waals surface area contributed by atoms with E-state index in [-0.39, 0.29) is 16.8 Å². The van der Waals surface area contributed by atoms with E-state index < -0.39 is 10.0 Å². The van der Waals surface area contributed by atoms with Crippen molar-refractivity contribution in [1.82, 2.24) is 14.5 Å². The van der Waals surface area contributed by atoms with Crippen molar-refractivity contribution >= 4 is 15.9 Å². The molecule has 1 aliphatic heterocycles. The molecule has 7 heteroatoms. The van der Waals surface area contributed by atoms with Gasteiger partial charge in [-0.05, 0) is 63.2 Å². The molecule has 0 bridgehead atoms. The van der Waals surface area contributed by atoms with E-state index in [1.165, 1.54) is 6.07 Å². The number of rotatable bonds is 7. The lowest BCUT2D eigenvalue weighted by atomic mass is 10.1. The fraction of sp³-hybridized carbons (Fsp3) is 0.435. The number of nitrogens with zero attached hydrogens (tertiary/aromatic N) is 2. The summed E-state index contributed by atoms with van der Waals surface area (Å²) in [5, 5.41) is 2.93. The van der Waals surface area contributed by atoms with Crippen LogP contribution in [0.3, 0.4) is 0 Å². The van der Waals surface area contributed by atoms with Crippen LogP contribution in [0.1, 0.15) is 47.7 Å². The first-order valence-corrected chi connectivity index (χ1v) is 11.8. The Balaban J connectivity index is 1.74. The van der Waals surface area contributed by atoms with Crippen LogP contribution in [0.15, 0.2) is 53.4 Å². The van der Waals surface area contributed by atoms with Gasteiger partial charge in [0.2, 0.25) is 10.0 Å². The van der Waals surface area contributed by atoms with Gasteiger partial charge in [-0.15, -0.1) is 0 Å². The minimum absolute atomic E-state index is 0.0190. The van der Waals surface area contributed by atoms with Crippen molar-refractivity contribution in [2.75, 3.05) is 20.6 Å². The topological polar surface area (TPSA) is 69.7 Å². The maximum atomic E-state index is 13.1. The number of carbonyl (C=O) groups is 1. The van der Waals surface area contributed by atoms with Gasteiger partial charge in [0.1, 0.15) is 0 Å². The van der Waals surface area contributed by atoms with Crippen LogP contribution in [-0.4, -0.2) is 50.2 Å². The summed E-state index contributed by atoms with van der Waals surface area (Å²) in [4.78, 5) is 15.0. The molecule has 0 aromatic heterocycles. The number of sulfonamides is 1. The minimum atomic E-state index is -3.61. The average molecular weight is 430 g/mol. The normalized spacial score (nSPS) is 17.8. The maximum absolute atomic E-state index is 13.1. The summed E-state index contributed by atoms with van der Waals surface area (Å²) in [5.74, 6) is -0.279. The van der Waals surface area contributed by atoms with Crippen molar-refractivity contribution in [3.63, 3.8) is 0 Å². The van der Waals surface area contributed by atoms with Crippen LogP contribution in [0.4, 0.5) is 0 Å². The Labute approximate surface area is 179 Å². The van der Waals surface area contributed by atoms with Crippen molar-refractivity contribution < 1.29 is 13.2 Å². The second-order valence-corrected chi connectivity index (χ2v) is 10.1. The second kappa shape index (κ2) is 9.73. The van der Waals surface area contributed by atoms with Gasteiger partial charge in [-0.2, -0.15) is 4.31 Å². The van der Waals surface area contributed by atoms with E-state index in [0.717, 1.165) is 36.9 Å². The molecule has 2 aromatic rings. The van der Waals surface area contributed by atoms with Gasteiger partial charge in [-0.3, -0.25) is 4.79 Å². The van der Waals surface area contributed by atoms with Crippen LogP contribution in [0.25, 0.3) is 0 Å². The lowest BCUT2D eigenvalue weighted by molar-refractivity contribution is 0.0950. The predicted octanol–water partition coefficient (Wildman–Crippen LogP) is 3.24. The van der Waals surface area contributed by atoms with Crippen LogP contribution in [0.5, 0.6) is 0 Å². The molecule has 0 unspecified atom stereocenters. The Hall–Kier alpha value is -2.22. The Kier molecular flexibility index (Phi) is 7.28. The molecule has 1 fully saturated rings. The molecule has 2 aromatic carbocycles. The third-order valence-electron chi connectivity index (χ3n) is 5.49. The zero-order valence-electron chi connectivity index (χ0n) is 18.0. The lowest BCUT2D eigenvalue weighted by Gasteiger charge is -2.32. The number of hydrogen-bond acceptors (Lipinski definition) is 4. The molecule has 0 aliphatic carbocycles. The van der Waals surface area contributed by atoms with Gasteiger partial charge in [-0.25, -0.2) is 8.42 Å². The van der Waals surface area contributed by atoms with Gasteiger partial charge in [0, 0.05) is 31.2 Å². The van der Waals surface area contributed by atoms with E-state index in [2.05, 4.69) is 16.3 Å². The molecule has 162 valence electrons. The van der Waals surface area contributed by atoms with E-state index in [1.54, 1.807) is 22.5 Å². The van der Waals surface area contributed by atoms with Gasteiger partial charge in [-0.1, -0.05) is 36.8 Å². The Morgan fingerprint density at radius 2 is 1.83 bits per heavy atom. The summed E-state index contributed by atoms with van der Waals surface area (Å²) < 4.78 is 27.7. The highest BCUT2D eigenvalue weighted by Crippen LogP contribution is 2.25. The number of hydrogen-bond donors (Lipinski definition) is 1. The second-order valence-electron chi connectivity index (χ2n) is 8.18. The number of piperidine rings is 1. The molecular weight excluding hydrogens is 398 g/mol. The van der Waals surface area contributed by atoms with Gasteiger partial charge < -0.3 is 10.2 Å². The molecule has 0 saturated carbocycles. The van der Waals surface area contributed by atoms with Crippen LogP contribution in [0, 0.1) is 0 Å². The summed E-state index contributed by atoms with van der Waals surface area (Å²) in [6.07, 6.45) is 2.78. The molecule has 0 spiro atoms. The zero-order chi connectivity index (χ0) is 21.7. The molecule has 0 radical (unpaired) electrons. The predicted molar refractivity (Wildman–Crippen MR) is 119 cm³/mol. The highest BCUT2D eigenvalue weighted by Gasteiger charge is 2.31. The molecule has 6 nitrogen and oxygen atoms in total. The largest absolute Gasteiger partial charge is 0.348 e. The quantitative estimate of drug-likeness (QED) is 0.734. The van der Waals surface area contributed by atoms with E-state index in [9.17, 15) is 13.2 Å². The SMILES string of the molecule is C[C@H]1CCCCN1S(=O)(=O)c1cccc(C(=O)NCc2ccccc2CN(C)C)c1. The summed E-state index contributed by atoms with van der Waals surface area (Å²) in [6.45, 7) is 3.65. The number of nitrogens with one attached hydrogen (secondary N) is 1. The van der Waals surface area contributed by atoms with Gasteiger partial charge in [0.15, 0.2) is 0 Å². The summed E-state index contributed by atoms with van der Waals surface area (Å²) in [7, 11) is 0.402. The van der Waals surface area contributed by atoms with Crippen molar-refractivity contribution in [3.8, 4) is 0 Å².